The predicted molar refractivity (Wildman–Crippen MR) is 83.5 cm³/mol. The van der Waals surface area contributed by atoms with Crippen LogP contribution in [0.3, 0.4) is 0 Å². The molecule has 112 valence electrons. The molecule has 0 saturated heterocycles. The van der Waals surface area contributed by atoms with E-state index < -0.39 is 0 Å². The first-order chi connectivity index (χ1) is 8.95. The molecule has 0 aromatic rings. The van der Waals surface area contributed by atoms with Gasteiger partial charge in [0.15, 0.2) is 0 Å². The Labute approximate surface area is 120 Å². The lowest BCUT2D eigenvalue weighted by atomic mass is 9.83. The van der Waals surface area contributed by atoms with Crippen LogP contribution < -0.4 is 5.32 Å². The number of hydrogen-bond donors (Lipinski definition) is 1. The fraction of sp³-hybridized carbons (Fsp3) is 1.00. The molecule has 1 N–H and O–H groups in total. The molecule has 2 nitrogen and oxygen atoms in total. The van der Waals surface area contributed by atoms with Gasteiger partial charge >= 0.3 is 0 Å². The van der Waals surface area contributed by atoms with E-state index in [-0.39, 0.29) is 0 Å². The molecule has 0 bridgehead atoms. The van der Waals surface area contributed by atoms with Crippen molar-refractivity contribution in [2.45, 2.75) is 84.3 Å². The SMILES string of the molecule is CCNC1C(N(C)C2CCCC(C)C2)CCC1(C)C. The summed E-state index contributed by atoms with van der Waals surface area (Å²) in [6, 6.07) is 2.23. The molecule has 2 fully saturated rings. The first-order valence-corrected chi connectivity index (χ1v) is 8.41. The van der Waals surface area contributed by atoms with Crippen molar-refractivity contribution < 1.29 is 0 Å². The van der Waals surface area contributed by atoms with Crippen molar-refractivity contribution in [2.24, 2.45) is 11.3 Å². The van der Waals surface area contributed by atoms with Gasteiger partial charge in [0, 0.05) is 18.1 Å². The van der Waals surface area contributed by atoms with Crippen LogP contribution in [0.1, 0.15) is 66.2 Å². The van der Waals surface area contributed by atoms with E-state index in [1.54, 1.807) is 0 Å². The van der Waals surface area contributed by atoms with Crippen molar-refractivity contribution in [1.82, 2.24) is 10.2 Å². The van der Waals surface area contributed by atoms with Crippen molar-refractivity contribution in [3.8, 4) is 0 Å². The second-order valence-corrected chi connectivity index (χ2v) is 7.72. The van der Waals surface area contributed by atoms with Crippen LogP contribution in [0.5, 0.6) is 0 Å². The van der Waals surface area contributed by atoms with E-state index in [4.69, 9.17) is 0 Å². The average Bonchev–Trinajstić information content (AvgIpc) is 2.65. The molecule has 2 aliphatic rings. The molecule has 4 unspecified atom stereocenters. The first kappa shape index (κ1) is 15.3. The van der Waals surface area contributed by atoms with Gasteiger partial charge in [-0.2, -0.15) is 0 Å². The lowest BCUT2D eigenvalue weighted by molar-refractivity contribution is 0.0922. The smallest absolute Gasteiger partial charge is 0.0274 e. The van der Waals surface area contributed by atoms with Crippen molar-refractivity contribution in [3.63, 3.8) is 0 Å². The molecule has 2 saturated carbocycles. The van der Waals surface area contributed by atoms with E-state index in [1.807, 2.05) is 0 Å². The minimum atomic E-state index is 0.454. The summed E-state index contributed by atoms with van der Waals surface area (Å²) in [6.45, 7) is 10.7. The number of nitrogens with zero attached hydrogens (tertiary/aromatic N) is 1. The van der Waals surface area contributed by atoms with Gasteiger partial charge in [0.25, 0.3) is 0 Å². The molecule has 2 heteroatoms. The molecule has 2 rings (SSSR count). The maximum atomic E-state index is 3.77. The van der Waals surface area contributed by atoms with Gasteiger partial charge in [-0.05, 0) is 50.6 Å². The zero-order valence-corrected chi connectivity index (χ0v) is 13.7. The van der Waals surface area contributed by atoms with E-state index in [0.717, 1.165) is 24.5 Å². The van der Waals surface area contributed by atoms with Gasteiger partial charge in [-0.25, -0.2) is 0 Å². The fourth-order valence-electron chi connectivity index (χ4n) is 4.48. The number of nitrogens with one attached hydrogen (secondary N) is 1. The van der Waals surface area contributed by atoms with Crippen LogP contribution >= 0.6 is 0 Å². The molecule has 0 aliphatic heterocycles. The van der Waals surface area contributed by atoms with Crippen LogP contribution in [0.4, 0.5) is 0 Å². The summed E-state index contributed by atoms with van der Waals surface area (Å²) in [5.74, 6) is 0.924. The topological polar surface area (TPSA) is 15.3 Å². The van der Waals surface area contributed by atoms with Crippen molar-refractivity contribution in [3.05, 3.63) is 0 Å². The van der Waals surface area contributed by atoms with Gasteiger partial charge < -0.3 is 5.32 Å². The minimum absolute atomic E-state index is 0.454. The lowest BCUT2D eigenvalue weighted by Gasteiger charge is -2.42. The third-order valence-corrected chi connectivity index (χ3v) is 5.74. The number of hydrogen-bond acceptors (Lipinski definition) is 2. The Morgan fingerprint density at radius 2 is 1.95 bits per heavy atom. The molecule has 0 heterocycles. The van der Waals surface area contributed by atoms with E-state index >= 15 is 0 Å². The van der Waals surface area contributed by atoms with Crippen molar-refractivity contribution in [2.75, 3.05) is 13.6 Å². The summed E-state index contributed by atoms with van der Waals surface area (Å²) < 4.78 is 0. The molecule has 0 aromatic carbocycles. The van der Waals surface area contributed by atoms with E-state index in [0.29, 0.717) is 11.5 Å². The third-order valence-electron chi connectivity index (χ3n) is 5.74. The maximum absolute atomic E-state index is 3.77. The molecule has 0 radical (unpaired) electrons. The normalized spacial score (nSPS) is 38.8. The van der Waals surface area contributed by atoms with Gasteiger partial charge in [-0.15, -0.1) is 0 Å². The minimum Gasteiger partial charge on any atom is -0.312 e. The Morgan fingerprint density at radius 1 is 1.21 bits per heavy atom. The molecule has 2 aliphatic carbocycles. The van der Waals surface area contributed by atoms with Crippen LogP contribution in [0, 0.1) is 11.3 Å². The third kappa shape index (κ3) is 3.33. The number of rotatable bonds is 4. The van der Waals surface area contributed by atoms with Gasteiger partial charge in [0.2, 0.25) is 0 Å². The maximum Gasteiger partial charge on any atom is 0.0274 e. The highest BCUT2D eigenvalue weighted by molar-refractivity contribution is 5.01. The van der Waals surface area contributed by atoms with Crippen molar-refractivity contribution >= 4 is 0 Å². The second-order valence-electron chi connectivity index (χ2n) is 7.72. The summed E-state index contributed by atoms with van der Waals surface area (Å²) in [5, 5.41) is 3.77. The van der Waals surface area contributed by atoms with E-state index in [2.05, 4.69) is 45.0 Å². The van der Waals surface area contributed by atoms with Gasteiger partial charge in [0.1, 0.15) is 0 Å². The zero-order valence-electron chi connectivity index (χ0n) is 13.7. The largest absolute Gasteiger partial charge is 0.312 e. The Hall–Kier alpha value is -0.0800. The van der Waals surface area contributed by atoms with Crippen LogP contribution in [0.15, 0.2) is 0 Å². The molecule has 0 aromatic heterocycles. The van der Waals surface area contributed by atoms with Gasteiger partial charge in [0.05, 0.1) is 0 Å². The fourth-order valence-corrected chi connectivity index (χ4v) is 4.48. The van der Waals surface area contributed by atoms with Gasteiger partial charge in [-0.1, -0.05) is 40.5 Å². The molecular formula is C17H34N2. The molecule has 0 spiro atoms. The van der Waals surface area contributed by atoms with Crippen molar-refractivity contribution in [1.29, 1.82) is 0 Å². The summed E-state index contributed by atoms with van der Waals surface area (Å²) in [7, 11) is 2.39. The van der Waals surface area contributed by atoms with Gasteiger partial charge in [-0.3, -0.25) is 4.90 Å². The van der Waals surface area contributed by atoms with Crippen LogP contribution in [0.25, 0.3) is 0 Å². The molecule has 19 heavy (non-hydrogen) atoms. The predicted octanol–water partition coefficient (Wildman–Crippen LogP) is 3.66. The van der Waals surface area contributed by atoms with Crippen LogP contribution in [-0.2, 0) is 0 Å². The Morgan fingerprint density at radius 3 is 2.58 bits per heavy atom. The average molecular weight is 266 g/mol. The Kier molecular flexibility index (Phi) is 4.94. The van der Waals surface area contributed by atoms with E-state index in [9.17, 15) is 0 Å². The highest BCUT2D eigenvalue weighted by Gasteiger charge is 2.44. The quantitative estimate of drug-likeness (QED) is 0.835. The summed E-state index contributed by atoms with van der Waals surface area (Å²) in [4.78, 5) is 2.73. The molecule has 0 amide bonds. The Balaban J connectivity index is 2.03. The first-order valence-electron chi connectivity index (χ1n) is 8.41. The molecule has 4 atom stereocenters. The summed E-state index contributed by atoms with van der Waals surface area (Å²) in [6.07, 6.45) is 8.42. The van der Waals surface area contributed by atoms with Crippen LogP contribution in [0.2, 0.25) is 0 Å². The lowest BCUT2D eigenvalue weighted by Crippen LogP contribution is -2.53. The standard InChI is InChI=1S/C17H34N2/c1-6-18-16-15(10-11-17(16,3)4)19(5)14-9-7-8-13(2)12-14/h13-16,18H,6-12H2,1-5H3. The van der Waals surface area contributed by atoms with Crippen LogP contribution in [-0.4, -0.2) is 36.6 Å². The monoisotopic (exact) mass is 266 g/mol. The number of likely N-dealkylation sites (N-methyl/N-ethyl adjacent to an activating group) is 2. The Bertz CT molecular complexity index is 287. The summed E-state index contributed by atoms with van der Waals surface area (Å²) in [5.41, 5.74) is 0.454. The highest BCUT2D eigenvalue weighted by atomic mass is 15.2. The van der Waals surface area contributed by atoms with E-state index in [1.165, 1.54) is 38.5 Å². The summed E-state index contributed by atoms with van der Waals surface area (Å²) >= 11 is 0. The molecular weight excluding hydrogens is 232 g/mol. The zero-order chi connectivity index (χ0) is 14.0. The highest BCUT2D eigenvalue weighted by Crippen LogP contribution is 2.41. The second kappa shape index (κ2) is 6.13.